The van der Waals surface area contributed by atoms with E-state index < -0.39 is 0 Å². The minimum absolute atomic E-state index is 0.00588. The topological polar surface area (TPSA) is 29.1 Å². The Morgan fingerprint density at radius 3 is 2.25 bits per heavy atom. The third kappa shape index (κ3) is 1.07. The van der Waals surface area contributed by atoms with Gasteiger partial charge in [-0.2, -0.15) is 0 Å². The molecular weight excluding hydrogens is 402 g/mol. The first kappa shape index (κ1) is 13.3. The molecule has 2 nitrogen and oxygen atoms in total. The number of fused-ring (bicyclic) bond motifs is 1. The van der Waals surface area contributed by atoms with E-state index in [0.29, 0.717) is 0 Å². The largest absolute Gasteiger partial charge is 0.359 e. The number of hydrogen-bond donors (Lipinski definition) is 1. The smallest absolute Gasteiger partial charge is 0.227 e. The first-order valence-electron chi connectivity index (χ1n) is 5.43. The number of halogens is 3. The van der Waals surface area contributed by atoms with Crippen molar-refractivity contribution in [3.63, 3.8) is 0 Å². The highest BCUT2D eigenvalue weighted by atomic mass is 79.9. The van der Waals surface area contributed by atoms with Crippen molar-refractivity contribution in [3.8, 4) is 0 Å². The molecule has 0 aromatic rings. The summed E-state index contributed by atoms with van der Waals surface area (Å²) >= 11 is 11.1. The molecule has 2 bridgehead atoms. The summed E-state index contributed by atoms with van der Waals surface area (Å²) in [5, 5.41) is 2.83. The molecule has 1 amide bonds. The van der Waals surface area contributed by atoms with Crippen LogP contribution in [-0.2, 0) is 4.79 Å². The molecule has 0 aliphatic heterocycles. The average Bonchev–Trinajstić information content (AvgIpc) is 2.66. The molecule has 0 aromatic carbocycles. The van der Waals surface area contributed by atoms with Crippen molar-refractivity contribution in [3.05, 3.63) is 0 Å². The van der Waals surface area contributed by atoms with E-state index in [1.807, 2.05) is 0 Å². The van der Waals surface area contributed by atoms with Gasteiger partial charge in [-0.3, -0.25) is 4.79 Å². The van der Waals surface area contributed by atoms with E-state index in [1.165, 1.54) is 0 Å². The average molecular weight is 418 g/mol. The molecule has 1 N–H and O–H groups in total. The molecule has 3 rings (SSSR count). The molecule has 3 atom stereocenters. The summed E-state index contributed by atoms with van der Waals surface area (Å²) in [4.78, 5) is 12.4. The Bertz CT molecular complexity index is 344. The molecule has 0 heterocycles. The van der Waals surface area contributed by atoms with Gasteiger partial charge >= 0.3 is 0 Å². The maximum Gasteiger partial charge on any atom is 0.227 e. The van der Waals surface area contributed by atoms with Crippen LogP contribution in [0.3, 0.4) is 0 Å². The summed E-state index contributed by atoms with van der Waals surface area (Å²) in [6, 6.07) is 0. The van der Waals surface area contributed by atoms with Crippen molar-refractivity contribution in [1.82, 2.24) is 5.32 Å². The zero-order chi connectivity index (χ0) is 12.4. The third-order valence-electron chi connectivity index (χ3n) is 5.12. The molecule has 3 unspecified atom stereocenters. The van der Waals surface area contributed by atoms with Crippen molar-refractivity contribution in [2.24, 2.45) is 16.2 Å². The second kappa shape index (κ2) is 3.70. The van der Waals surface area contributed by atoms with Gasteiger partial charge in [-0.25, -0.2) is 0 Å². The first-order valence-corrected chi connectivity index (χ1v) is 8.18. The van der Waals surface area contributed by atoms with Gasteiger partial charge in [0.2, 0.25) is 5.91 Å². The molecule has 3 aliphatic carbocycles. The maximum atomic E-state index is 12.2. The van der Waals surface area contributed by atoms with E-state index >= 15 is 0 Å². The zero-order valence-electron chi connectivity index (χ0n) is 9.61. The second-order valence-corrected chi connectivity index (χ2v) is 9.35. The Hall–Kier alpha value is 0.910. The van der Waals surface area contributed by atoms with Crippen LogP contribution < -0.4 is 5.32 Å². The van der Waals surface area contributed by atoms with E-state index in [1.54, 1.807) is 7.05 Å². The number of alkyl halides is 3. The molecule has 0 spiro atoms. The van der Waals surface area contributed by atoms with Gasteiger partial charge in [0.1, 0.15) is 0 Å². The molecule has 0 radical (unpaired) electrons. The fraction of sp³-hybridized carbons (Fsp3) is 0.909. The summed E-state index contributed by atoms with van der Waals surface area (Å²) in [7, 11) is 1.73. The van der Waals surface area contributed by atoms with Crippen LogP contribution >= 0.6 is 47.8 Å². The lowest BCUT2D eigenvalue weighted by atomic mass is 9.43. The van der Waals surface area contributed by atoms with Crippen molar-refractivity contribution >= 4 is 53.7 Å². The van der Waals surface area contributed by atoms with Crippen molar-refractivity contribution in [2.45, 2.75) is 35.3 Å². The minimum atomic E-state index is -0.248. The number of carbonyl (C=O) groups is 1. The number of carbonyl (C=O) groups excluding carboxylic acids is 1. The molecule has 3 saturated carbocycles. The van der Waals surface area contributed by atoms with Crippen molar-refractivity contribution in [1.29, 1.82) is 0 Å². The Morgan fingerprint density at radius 2 is 1.94 bits per heavy atom. The molecule has 5 heteroatoms. The number of rotatable bonds is 2. The minimum Gasteiger partial charge on any atom is -0.359 e. The van der Waals surface area contributed by atoms with Gasteiger partial charge in [0.05, 0.1) is 9.15 Å². The van der Waals surface area contributed by atoms with Gasteiger partial charge in [-0.15, -0.1) is 0 Å². The van der Waals surface area contributed by atoms with Gasteiger partial charge in [0, 0.05) is 17.3 Å². The lowest BCUT2D eigenvalue weighted by Gasteiger charge is -2.66. The Labute approximate surface area is 122 Å². The van der Waals surface area contributed by atoms with Crippen LogP contribution in [0.4, 0.5) is 0 Å². The van der Waals surface area contributed by atoms with Crippen LogP contribution in [0.25, 0.3) is 0 Å². The quantitative estimate of drug-likeness (QED) is 0.685. The number of amides is 1. The van der Waals surface area contributed by atoms with E-state index in [9.17, 15) is 4.79 Å². The highest BCUT2D eigenvalue weighted by Crippen LogP contribution is 2.82. The molecule has 3 fully saturated rings. The van der Waals surface area contributed by atoms with Crippen LogP contribution in [0, 0.1) is 16.2 Å². The Balaban J connectivity index is 2.46. The highest BCUT2D eigenvalue weighted by Gasteiger charge is 2.83. The van der Waals surface area contributed by atoms with E-state index in [0.717, 1.165) is 12.8 Å². The van der Waals surface area contributed by atoms with Crippen LogP contribution in [0.5, 0.6) is 0 Å². The molecule has 16 heavy (non-hydrogen) atoms. The summed E-state index contributed by atoms with van der Waals surface area (Å²) in [5.41, 5.74) is -0.118. The predicted molar refractivity (Wildman–Crippen MR) is 76.3 cm³/mol. The van der Waals surface area contributed by atoms with Crippen LogP contribution in [0.2, 0.25) is 0 Å². The Kier molecular flexibility index (Phi) is 3.09. The SMILES string of the molecule is CNC(=O)C12CCC(C(Br)Br)(C1Br)C2(C)C. The summed E-state index contributed by atoms with van der Waals surface area (Å²) in [5.74, 6) is 0.174. The van der Waals surface area contributed by atoms with Gasteiger partial charge in [-0.1, -0.05) is 61.6 Å². The molecule has 3 aliphatic rings. The van der Waals surface area contributed by atoms with E-state index in [2.05, 4.69) is 67.0 Å². The molecule has 92 valence electrons. The van der Waals surface area contributed by atoms with Gasteiger partial charge in [0.25, 0.3) is 0 Å². The molecular formula is C11H16Br3NO. The van der Waals surface area contributed by atoms with Gasteiger partial charge in [0.15, 0.2) is 0 Å². The third-order valence-corrected chi connectivity index (χ3v) is 8.35. The lowest BCUT2D eigenvalue weighted by Crippen LogP contribution is -2.71. The fourth-order valence-electron chi connectivity index (χ4n) is 3.92. The van der Waals surface area contributed by atoms with Crippen LogP contribution in [0.1, 0.15) is 26.7 Å². The highest BCUT2D eigenvalue weighted by molar-refractivity contribution is 9.24. The number of nitrogens with one attached hydrogen (secondary N) is 1. The maximum absolute atomic E-state index is 12.2. The van der Waals surface area contributed by atoms with E-state index in [4.69, 9.17) is 0 Å². The van der Waals surface area contributed by atoms with Crippen molar-refractivity contribution in [2.75, 3.05) is 7.05 Å². The van der Waals surface area contributed by atoms with Crippen molar-refractivity contribution < 1.29 is 4.79 Å². The van der Waals surface area contributed by atoms with Gasteiger partial charge in [-0.05, 0) is 18.3 Å². The van der Waals surface area contributed by atoms with Crippen LogP contribution in [-0.4, -0.2) is 21.5 Å². The fourth-order valence-corrected chi connectivity index (χ4v) is 8.84. The lowest BCUT2D eigenvalue weighted by molar-refractivity contribution is -0.161. The molecule has 0 saturated heterocycles. The normalized spacial score (nSPS) is 44.3. The van der Waals surface area contributed by atoms with Gasteiger partial charge < -0.3 is 5.32 Å². The first-order chi connectivity index (χ1) is 7.29. The second-order valence-electron chi connectivity index (χ2n) is 5.38. The monoisotopic (exact) mass is 415 g/mol. The predicted octanol–water partition coefficient (Wildman–Crippen LogP) is 3.42. The Morgan fingerprint density at radius 1 is 1.38 bits per heavy atom. The number of hydrogen-bond acceptors (Lipinski definition) is 1. The van der Waals surface area contributed by atoms with Crippen LogP contribution in [0.15, 0.2) is 0 Å². The zero-order valence-corrected chi connectivity index (χ0v) is 14.4. The summed E-state index contributed by atoms with van der Waals surface area (Å²) in [6.07, 6.45) is 2.04. The standard InChI is InChI=1S/C11H16Br3NO/c1-9(2)10(7(13)14)4-5-11(9,6(10)12)8(16)15-3/h6-7H,4-5H2,1-3H3,(H,15,16). The van der Waals surface area contributed by atoms with E-state index in [-0.39, 0.29) is 30.7 Å². The summed E-state index contributed by atoms with van der Waals surface area (Å²) in [6.45, 7) is 4.42. The molecule has 0 aromatic heterocycles. The summed E-state index contributed by atoms with van der Waals surface area (Å²) < 4.78 is 0.243.